The van der Waals surface area contributed by atoms with Gasteiger partial charge in [0.1, 0.15) is 0 Å². The second-order valence-electron chi connectivity index (χ2n) is 6.92. The van der Waals surface area contributed by atoms with Gasteiger partial charge in [-0.2, -0.15) is 13.2 Å². The Morgan fingerprint density at radius 1 is 1.03 bits per heavy atom. The van der Waals surface area contributed by atoms with E-state index in [1.54, 1.807) is 0 Å². The number of benzene rings is 2. The Hall–Kier alpha value is -2.58. The summed E-state index contributed by atoms with van der Waals surface area (Å²) in [7, 11) is 0. The van der Waals surface area contributed by atoms with Crippen molar-refractivity contribution in [3.05, 3.63) is 65.2 Å². The van der Waals surface area contributed by atoms with Crippen molar-refractivity contribution in [3.63, 3.8) is 0 Å². The van der Waals surface area contributed by atoms with Crippen molar-refractivity contribution in [3.8, 4) is 0 Å². The van der Waals surface area contributed by atoms with Crippen molar-refractivity contribution in [2.75, 3.05) is 38.2 Å². The number of rotatable bonds is 7. The van der Waals surface area contributed by atoms with Gasteiger partial charge in [-0.05, 0) is 29.3 Å². The van der Waals surface area contributed by atoms with Crippen LogP contribution in [0.1, 0.15) is 16.7 Å². The maximum Gasteiger partial charge on any atom is 0.416 e. The van der Waals surface area contributed by atoms with Gasteiger partial charge in [-0.15, -0.1) is 0 Å². The lowest BCUT2D eigenvalue weighted by atomic mass is 10.1. The second kappa shape index (κ2) is 9.76. The summed E-state index contributed by atoms with van der Waals surface area (Å²) in [5.74, 6) is -0.291. The summed E-state index contributed by atoms with van der Waals surface area (Å²) >= 11 is 0. The average Bonchev–Trinajstić information content (AvgIpc) is 2.71. The largest absolute Gasteiger partial charge is 0.416 e. The number of carbonyl (C=O) groups is 1. The molecule has 156 valence electrons. The molecule has 0 aromatic heterocycles. The molecule has 0 bridgehead atoms. The van der Waals surface area contributed by atoms with E-state index in [0.717, 1.165) is 50.5 Å². The number of halogens is 3. The maximum absolute atomic E-state index is 12.7. The molecule has 0 saturated carbocycles. The van der Waals surface area contributed by atoms with E-state index in [2.05, 4.69) is 27.7 Å². The standard InChI is InChI=1S/C21H24F3N3O2/c22-21(23,24)18-5-2-6-19(12-18)25-14-20(28)26-13-16-3-1-4-17(11-16)15-27-7-9-29-10-8-27/h1-6,11-12,25H,7-10,13-15H2,(H,26,28). The first-order valence-electron chi connectivity index (χ1n) is 9.46. The zero-order valence-electron chi connectivity index (χ0n) is 16.0. The van der Waals surface area contributed by atoms with Crippen LogP contribution in [0.15, 0.2) is 48.5 Å². The number of amides is 1. The fourth-order valence-corrected chi connectivity index (χ4v) is 3.11. The number of ether oxygens (including phenoxy) is 1. The lowest BCUT2D eigenvalue weighted by Gasteiger charge is -2.26. The monoisotopic (exact) mass is 407 g/mol. The molecule has 0 spiro atoms. The number of anilines is 1. The number of morpholine rings is 1. The molecule has 0 atom stereocenters. The third-order valence-corrected chi connectivity index (χ3v) is 4.63. The maximum atomic E-state index is 12.7. The van der Waals surface area contributed by atoms with E-state index in [0.29, 0.717) is 6.54 Å². The van der Waals surface area contributed by atoms with Crippen molar-refractivity contribution in [1.29, 1.82) is 0 Å². The van der Waals surface area contributed by atoms with Crippen LogP contribution in [0.4, 0.5) is 18.9 Å². The van der Waals surface area contributed by atoms with Crippen LogP contribution in [0.25, 0.3) is 0 Å². The molecule has 1 aliphatic heterocycles. The smallest absolute Gasteiger partial charge is 0.379 e. The van der Waals surface area contributed by atoms with Crippen LogP contribution in [0.3, 0.4) is 0 Å². The Kier molecular flexibility index (Phi) is 7.11. The lowest BCUT2D eigenvalue weighted by molar-refractivity contribution is -0.137. The average molecular weight is 407 g/mol. The first-order chi connectivity index (χ1) is 13.9. The van der Waals surface area contributed by atoms with Crippen molar-refractivity contribution in [1.82, 2.24) is 10.2 Å². The zero-order chi connectivity index (χ0) is 20.7. The molecule has 2 aromatic rings. The van der Waals surface area contributed by atoms with Gasteiger partial charge in [0, 0.05) is 31.9 Å². The SMILES string of the molecule is O=C(CNc1cccc(C(F)(F)F)c1)NCc1cccc(CN2CCOCC2)c1. The van der Waals surface area contributed by atoms with Gasteiger partial charge < -0.3 is 15.4 Å². The van der Waals surface area contributed by atoms with Crippen LogP contribution in [0.5, 0.6) is 0 Å². The van der Waals surface area contributed by atoms with Gasteiger partial charge in [0.2, 0.25) is 5.91 Å². The van der Waals surface area contributed by atoms with Gasteiger partial charge in [-0.25, -0.2) is 0 Å². The molecule has 1 aliphatic rings. The molecule has 3 rings (SSSR count). The third-order valence-electron chi connectivity index (χ3n) is 4.63. The van der Waals surface area contributed by atoms with E-state index in [1.165, 1.54) is 17.7 Å². The minimum atomic E-state index is -4.41. The number of nitrogens with one attached hydrogen (secondary N) is 2. The van der Waals surface area contributed by atoms with Gasteiger partial charge in [-0.1, -0.05) is 30.3 Å². The Bertz CT molecular complexity index is 821. The van der Waals surface area contributed by atoms with E-state index in [9.17, 15) is 18.0 Å². The Balaban J connectivity index is 1.46. The predicted octanol–water partition coefficient (Wildman–Crippen LogP) is 3.27. The van der Waals surface area contributed by atoms with Crippen molar-refractivity contribution < 1.29 is 22.7 Å². The highest BCUT2D eigenvalue weighted by molar-refractivity contribution is 5.80. The van der Waals surface area contributed by atoms with E-state index in [-0.39, 0.29) is 18.1 Å². The molecule has 0 unspecified atom stereocenters. The molecule has 1 saturated heterocycles. The molecule has 2 N–H and O–H groups in total. The Morgan fingerprint density at radius 2 is 1.76 bits per heavy atom. The van der Waals surface area contributed by atoms with Crippen LogP contribution < -0.4 is 10.6 Å². The van der Waals surface area contributed by atoms with Gasteiger partial charge in [0.15, 0.2) is 0 Å². The van der Waals surface area contributed by atoms with E-state index < -0.39 is 11.7 Å². The van der Waals surface area contributed by atoms with Gasteiger partial charge in [0.05, 0.1) is 25.3 Å². The van der Waals surface area contributed by atoms with Crippen molar-refractivity contribution in [2.24, 2.45) is 0 Å². The Labute approximate surface area is 167 Å². The summed E-state index contributed by atoms with van der Waals surface area (Å²) in [5, 5.41) is 5.52. The zero-order valence-corrected chi connectivity index (χ0v) is 16.0. The normalized spacial score (nSPS) is 15.1. The highest BCUT2D eigenvalue weighted by Gasteiger charge is 2.30. The molecule has 2 aromatic carbocycles. The van der Waals surface area contributed by atoms with Crippen molar-refractivity contribution in [2.45, 2.75) is 19.3 Å². The number of hydrogen-bond donors (Lipinski definition) is 2. The Morgan fingerprint density at radius 3 is 2.52 bits per heavy atom. The number of alkyl halides is 3. The molecular weight excluding hydrogens is 383 g/mol. The number of carbonyl (C=O) groups excluding carboxylic acids is 1. The molecule has 29 heavy (non-hydrogen) atoms. The third kappa shape index (κ3) is 6.76. The minimum Gasteiger partial charge on any atom is -0.379 e. The lowest BCUT2D eigenvalue weighted by Crippen LogP contribution is -2.35. The van der Waals surface area contributed by atoms with E-state index >= 15 is 0 Å². The summed E-state index contributed by atoms with van der Waals surface area (Å²) in [5.41, 5.74) is 1.64. The highest BCUT2D eigenvalue weighted by Crippen LogP contribution is 2.30. The minimum absolute atomic E-state index is 0.102. The summed E-state index contributed by atoms with van der Waals surface area (Å²) in [6.45, 7) is 4.39. The molecule has 0 radical (unpaired) electrons. The van der Waals surface area contributed by atoms with Crippen LogP contribution in [-0.2, 0) is 28.8 Å². The van der Waals surface area contributed by atoms with Gasteiger partial charge >= 0.3 is 6.18 Å². The fourth-order valence-electron chi connectivity index (χ4n) is 3.11. The molecule has 1 fully saturated rings. The topological polar surface area (TPSA) is 53.6 Å². The first kappa shape index (κ1) is 21.1. The van der Waals surface area contributed by atoms with Crippen molar-refractivity contribution >= 4 is 11.6 Å². The molecular formula is C21H24F3N3O2. The predicted molar refractivity (Wildman–Crippen MR) is 104 cm³/mol. The molecule has 1 amide bonds. The molecule has 0 aliphatic carbocycles. The molecule has 1 heterocycles. The van der Waals surface area contributed by atoms with Crippen LogP contribution in [0.2, 0.25) is 0 Å². The first-order valence-corrected chi connectivity index (χ1v) is 9.46. The second-order valence-corrected chi connectivity index (χ2v) is 6.92. The number of nitrogens with zero attached hydrogens (tertiary/aromatic N) is 1. The highest BCUT2D eigenvalue weighted by atomic mass is 19.4. The van der Waals surface area contributed by atoms with E-state index in [1.807, 2.05) is 12.1 Å². The summed E-state index contributed by atoms with van der Waals surface area (Å²) in [4.78, 5) is 14.4. The molecule has 8 heteroatoms. The quantitative estimate of drug-likeness (QED) is 0.740. The fraction of sp³-hybridized carbons (Fsp3) is 0.381. The van der Waals surface area contributed by atoms with Crippen LogP contribution in [0, 0.1) is 0 Å². The van der Waals surface area contributed by atoms with Gasteiger partial charge in [0.25, 0.3) is 0 Å². The summed E-state index contributed by atoms with van der Waals surface area (Å²) in [6.07, 6.45) is -4.41. The summed E-state index contributed by atoms with van der Waals surface area (Å²) < 4.78 is 43.6. The van der Waals surface area contributed by atoms with Crippen LogP contribution in [-0.4, -0.2) is 43.7 Å². The van der Waals surface area contributed by atoms with Gasteiger partial charge in [-0.3, -0.25) is 9.69 Å². The van der Waals surface area contributed by atoms with E-state index in [4.69, 9.17) is 4.74 Å². The molecule has 5 nitrogen and oxygen atoms in total. The van der Waals surface area contributed by atoms with Crippen LogP contribution >= 0.6 is 0 Å². The number of hydrogen-bond acceptors (Lipinski definition) is 4. The summed E-state index contributed by atoms with van der Waals surface area (Å²) in [6, 6.07) is 12.8.